The number of nitrogens with one attached hydrogen (secondary N) is 1. The highest BCUT2D eigenvalue weighted by molar-refractivity contribution is 7.89. The molecule has 1 amide bonds. The zero-order chi connectivity index (χ0) is 22.7. The van der Waals surface area contributed by atoms with Gasteiger partial charge < -0.3 is 5.32 Å². The van der Waals surface area contributed by atoms with Gasteiger partial charge in [-0.2, -0.15) is 4.31 Å². The molecule has 0 unspecified atom stereocenters. The summed E-state index contributed by atoms with van der Waals surface area (Å²) in [4.78, 5) is 13.0. The molecule has 1 atom stereocenters. The number of aryl methyl sites for hydroxylation is 1. The first-order chi connectivity index (χ1) is 15.3. The minimum Gasteiger partial charge on any atom is -0.352 e. The highest BCUT2D eigenvalue weighted by Crippen LogP contribution is 2.36. The highest BCUT2D eigenvalue weighted by Gasteiger charge is 2.37. The normalized spacial score (nSPS) is 16.4. The van der Waals surface area contributed by atoms with Gasteiger partial charge in [0.15, 0.2) is 0 Å². The Bertz CT molecular complexity index is 1230. The first-order valence-corrected chi connectivity index (χ1v) is 12.0. The smallest absolute Gasteiger partial charge is 0.243 e. The molecule has 3 aromatic carbocycles. The maximum absolute atomic E-state index is 13.5. The van der Waals surface area contributed by atoms with Crippen LogP contribution in [0, 0.1) is 12.7 Å². The number of amides is 1. The average molecular weight is 453 g/mol. The number of benzene rings is 3. The molecular weight excluding hydrogens is 427 g/mol. The lowest BCUT2D eigenvalue weighted by Crippen LogP contribution is -2.42. The summed E-state index contributed by atoms with van der Waals surface area (Å²) in [6, 6.07) is 19.8. The Hall–Kier alpha value is -3.03. The quantitative estimate of drug-likeness (QED) is 0.612. The number of carbonyl (C=O) groups excluding carboxylic acids is 1. The van der Waals surface area contributed by atoms with E-state index >= 15 is 0 Å². The SMILES string of the molecule is Cc1ccc(S(=O)(=O)N2CCc3ccccc3[C@H]2CC(=O)NCc2cccc(F)c2)cc1. The van der Waals surface area contributed by atoms with Gasteiger partial charge in [0.25, 0.3) is 0 Å². The van der Waals surface area contributed by atoms with Gasteiger partial charge in [-0.3, -0.25) is 4.79 Å². The number of hydrogen-bond donors (Lipinski definition) is 1. The van der Waals surface area contributed by atoms with Gasteiger partial charge in [-0.15, -0.1) is 0 Å². The predicted octanol–water partition coefficient (Wildman–Crippen LogP) is 4.13. The molecule has 1 N–H and O–H groups in total. The van der Waals surface area contributed by atoms with Gasteiger partial charge >= 0.3 is 0 Å². The van der Waals surface area contributed by atoms with Crippen molar-refractivity contribution in [2.45, 2.75) is 37.2 Å². The molecule has 5 nitrogen and oxygen atoms in total. The molecule has 4 rings (SSSR count). The van der Waals surface area contributed by atoms with Crippen molar-refractivity contribution in [1.29, 1.82) is 0 Å². The van der Waals surface area contributed by atoms with Gasteiger partial charge in [-0.05, 0) is 54.3 Å². The minimum absolute atomic E-state index is 0.0164. The second kappa shape index (κ2) is 9.22. The lowest BCUT2D eigenvalue weighted by atomic mass is 9.92. The second-order valence-electron chi connectivity index (χ2n) is 8.00. The maximum atomic E-state index is 13.5. The number of nitrogens with zero attached hydrogens (tertiary/aromatic N) is 1. The lowest BCUT2D eigenvalue weighted by Gasteiger charge is -2.36. The largest absolute Gasteiger partial charge is 0.352 e. The monoisotopic (exact) mass is 452 g/mol. The van der Waals surface area contributed by atoms with Crippen LogP contribution in [0.3, 0.4) is 0 Å². The van der Waals surface area contributed by atoms with Crippen LogP contribution in [-0.2, 0) is 27.8 Å². The van der Waals surface area contributed by atoms with Crippen molar-refractivity contribution in [3.05, 3.63) is 101 Å². The Kier molecular flexibility index (Phi) is 6.39. The fraction of sp³-hybridized carbons (Fsp3) is 0.240. The van der Waals surface area contributed by atoms with E-state index in [9.17, 15) is 17.6 Å². The fourth-order valence-electron chi connectivity index (χ4n) is 4.07. The van der Waals surface area contributed by atoms with E-state index in [2.05, 4.69) is 5.32 Å². The number of rotatable bonds is 6. The number of carbonyl (C=O) groups is 1. The van der Waals surface area contributed by atoms with E-state index in [-0.39, 0.29) is 29.6 Å². The number of sulfonamides is 1. The summed E-state index contributed by atoms with van der Waals surface area (Å²) >= 11 is 0. The summed E-state index contributed by atoms with van der Waals surface area (Å²) in [5, 5.41) is 2.80. The van der Waals surface area contributed by atoms with Crippen LogP contribution >= 0.6 is 0 Å². The molecule has 0 radical (unpaired) electrons. The Morgan fingerprint density at radius 2 is 1.81 bits per heavy atom. The van der Waals surface area contributed by atoms with Crippen molar-refractivity contribution in [3.8, 4) is 0 Å². The standard InChI is InChI=1S/C25H25FN2O3S/c1-18-9-11-22(12-10-18)32(30,31)28-14-13-20-6-2-3-8-23(20)24(28)16-25(29)27-17-19-5-4-7-21(26)15-19/h2-12,15,24H,13-14,16-17H2,1H3,(H,27,29)/t24-/m1/s1. The van der Waals surface area contributed by atoms with Crippen molar-refractivity contribution in [3.63, 3.8) is 0 Å². The Balaban J connectivity index is 1.59. The average Bonchev–Trinajstić information content (AvgIpc) is 2.78. The molecule has 0 bridgehead atoms. The molecule has 0 saturated carbocycles. The van der Waals surface area contributed by atoms with E-state index < -0.39 is 16.1 Å². The van der Waals surface area contributed by atoms with Crippen LogP contribution in [0.25, 0.3) is 0 Å². The van der Waals surface area contributed by atoms with E-state index in [4.69, 9.17) is 0 Å². The van der Waals surface area contributed by atoms with Gasteiger partial charge in [-0.1, -0.05) is 54.1 Å². The molecule has 1 aliphatic rings. The molecule has 0 saturated heterocycles. The number of halogens is 1. The van der Waals surface area contributed by atoms with E-state index in [1.54, 1.807) is 36.4 Å². The van der Waals surface area contributed by atoms with E-state index in [1.165, 1.54) is 16.4 Å². The van der Waals surface area contributed by atoms with Crippen LogP contribution < -0.4 is 5.32 Å². The van der Waals surface area contributed by atoms with Crippen LogP contribution in [0.1, 0.15) is 34.7 Å². The first kappa shape index (κ1) is 22.2. The topological polar surface area (TPSA) is 66.5 Å². The summed E-state index contributed by atoms with van der Waals surface area (Å²) in [6.07, 6.45) is 0.570. The number of fused-ring (bicyclic) bond motifs is 1. The molecule has 32 heavy (non-hydrogen) atoms. The van der Waals surface area contributed by atoms with Crippen molar-refractivity contribution in [2.24, 2.45) is 0 Å². The molecule has 1 aliphatic heterocycles. The van der Waals surface area contributed by atoms with Crippen LogP contribution in [0.2, 0.25) is 0 Å². The molecule has 1 heterocycles. The molecule has 166 valence electrons. The molecular formula is C25H25FN2O3S. The maximum Gasteiger partial charge on any atom is 0.243 e. The molecule has 7 heteroatoms. The third kappa shape index (κ3) is 4.74. The highest BCUT2D eigenvalue weighted by atomic mass is 32.2. The van der Waals surface area contributed by atoms with Crippen molar-refractivity contribution in [2.75, 3.05) is 6.54 Å². The summed E-state index contributed by atoms with van der Waals surface area (Å²) in [6.45, 7) is 2.38. The Morgan fingerprint density at radius 1 is 1.06 bits per heavy atom. The van der Waals surface area contributed by atoms with Gasteiger partial charge in [0.05, 0.1) is 10.9 Å². The summed E-state index contributed by atoms with van der Waals surface area (Å²) in [5.41, 5.74) is 3.51. The van der Waals surface area contributed by atoms with Crippen LogP contribution in [0.5, 0.6) is 0 Å². The van der Waals surface area contributed by atoms with E-state index in [0.717, 1.165) is 16.7 Å². The van der Waals surface area contributed by atoms with Gasteiger partial charge in [0.2, 0.25) is 15.9 Å². The first-order valence-electron chi connectivity index (χ1n) is 10.5. The van der Waals surface area contributed by atoms with Gasteiger partial charge in [-0.25, -0.2) is 12.8 Å². The zero-order valence-electron chi connectivity index (χ0n) is 17.8. The Morgan fingerprint density at radius 3 is 2.56 bits per heavy atom. The summed E-state index contributed by atoms with van der Waals surface area (Å²) < 4.78 is 41.8. The third-order valence-electron chi connectivity index (χ3n) is 5.75. The fourth-order valence-corrected chi connectivity index (χ4v) is 5.67. The molecule has 0 aliphatic carbocycles. The van der Waals surface area contributed by atoms with Crippen LogP contribution in [0.4, 0.5) is 4.39 Å². The van der Waals surface area contributed by atoms with Crippen molar-refractivity contribution < 1.29 is 17.6 Å². The minimum atomic E-state index is -3.79. The van der Waals surface area contributed by atoms with Gasteiger partial charge in [0.1, 0.15) is 5.82 Å². The van der Waals surface area contributed by atoms with Crippen LogP contribution in [-0.4, -0.2) is 25.2 Å². The van der Waals surface area contributed by atoms with Crippen molar-refractivity contribution >= 4 is 15.9 Å². The second-order valence-corrected chi connectivity index (χ2v) is 9.89. The lowest BCUT2D eigenvalue weighted by molar-refractivity contribution is -0.122. The predicted molar refractivity (Wildman–Crippen MR) is 121 cm³/mol. The van der Waals surface area contributed by atoms with Crippen LogP contribution in [0.15, 0.2) is 77.7 Å². The zero-order valence-corrected chi connectivity index (χ0v) is 18.6. The van der Waals surface area contributed by atoms with E-state index in [1.807, 2.05) is 31.2 Å². The van der Waals surface area contributed by atoms with E-state index in [0.29, 0.717) is 18.5 Å². The van der Waals surface area contributed by atoms with Crippen molar-refractivity contribution in [1.82, 2.24) is 9.62 Å². The molecule has 0 spiro atoms. The summed E-state index contributed by atoms with van der Waals surface area (Å²) in [5.74, 6) is -0.659. The third-order valence-corrected chi connectivity index (χ3v) is 7.67. The molecule has 0 fully saturated rings. The molecule has 3 aromatic rings. The summed E-state index contributed by atoms with van der Waals surface area (Å²) in [7, 11) is -3.79. The Labute approximate surface area is 187 Å². The number of hydrogen-bond acceptors (Lipinski definition) is 3. The van der Waals surface area contributed by atoms with Gasteiger partial charge in [0, 0.05) is 19.5 Å². The molecule has 0 aromatic heterocycles.